The van der Waals surface area contributed by atoms with Gasteiger partial charge >= 0.3 is 0 Å². The number of ether oxygens (including phenoxy) is 2. The molecular weight excluding hydrogens is 306 g/mol. The number of hydrogen-bond acceptors (Lipinski definition) is 7. The SMILES string of the molecule is CNc1ccnc(Nc2ccc(OC)c(OCC[C@H](C)NC)c2)n1. The molecule has 1 atom stereocenters. The van der Waals surface area contributed by atoms with Crippen molar-refractivity contribution in [3.8, 4) is 11.5 Å². The van der Waals surface area contributed by atoms with Crippen molar-refractivity contribution in [2.45, 2.75) is 19.4 Å². The van der Waals surface area contributed by atoms with Crippen molar-refractivity contribution in [2.75, 3.05) is 38.4 Å². The van der Waals surface area contributed by atoms with E-state index < -0.39 is 0 Å². The Balaban J connectivity index is 2.09. The van der Waals surface area contributed by atoms with E-state index in [1.54, 1.807) is 19.4 Å². The maximum absolute atomic E-state index is 5.87. The van der Waals surface area contributed by atoms with E-state index in [-0.39, 0.29) is 0 Å². The Morgan fingerprint density at radius 3 is 2.71 bits per heavy atom. The first-order valence-corrected chi connectivity index (χ1v) is 7.92. The molecule has 2 rings (SSSR count). The number of hydrogen-bond donors (Lipinski definition) is 3. The summed E-state index contributed by atoms with van der Waals surface area (Å²) >= 11 is 0. The Morgan fingerprint density at radius 2 is 2.00 bits per heavy atom. The lowest BCUT2D eigenvalue weighted by molar-refractivity contribution is 0.276. The fourth-order valence-electron chi connectivity index (χ4n) is 2.04. The third kappa shape index (κ3) is 4.99. The summed E-state index contributed by atoms with van der Waals surface area (Å²) in [5.41, 5.74) is 0.834. The molecule has 0 spiro atoms. The zero-order valence-electron chi connectivity index (χ0n) is 14.6. The number of methoxy groups -OCH3 is 1. The van der Waals surface area contributed by atoms with E-state index in [1.807, 2.05) is 32.3 Å². The van der Waals surface area contributed by atoms with E-state index in [9.17, 15) is 0 Å². The Hall–Kier alpha value is -2.54. The van der Waals surface area contributed by atoms with Crippen molar-refractivity contribution in [2.24, 2.45) is 0 Å². The van der Waals surface area contributed by atoms with E-state index in [4.69, 9.17) is 9.47 Å². The molecule has 0 saturated heterocycles. The average molecular weight is 331 g/mol. The molecule has 3 N–H and O–H groups in total. The third-order valence-corrected chi connectivity index (χ3v) is 3.63. The van der Waals surface area contributed by atoms with Crippen LogP contribution in [0.2, 0.25) is 0 Å². The smallest absolute Gasteiger partial charge is 0.229 e. The summed E-state index contributed by atoms with van der Waals surface area (Å²) in [6.07, 6.45) is 2.60. The van der Waals surface area contributed by atoms with Crippen LogP contribution in [0.4, 0.5) is 17.5 Å². The fraction of sp³-hybridized carbons (Fsp3) is 0.412. The summed E-state index contributed by atoms with van der Waals surface area (Å²) < 4.78 is 11.2. The van der Waals surface area contributed by atoms with Crippen LogP contribution in [-0.2, 0) is 0 Å². The van der Waals surface area contributed by atoms with Gasteiger partial charge in [0.25, 0.3) is 0 Å². The van der Waals surface area contributed by atoms with E-state index >= 15 is 0 Å². The van der Waals surface area contributed by atoms with Gasteiger partial charge in [0.1, 0.15) is 5.82 Å². The Labute approximate surface area is 142 Å². The van der Waals surface area contributed by atoms with Crippen LogP contribution in [0.3, 0.4) is 0 Å². The Kier molecular flexibility index (Phi) is 6.62. The van der Waals surface area contributed by atoms with Gasteiger partial charge in [-0.2, -0.15) is 4.98 Å². The second-order valence-electron chi connectivity index (χ2n) is 5.33. The predicted molar refractivity (Wildman–Crippen MR) is 96.5 cm³/mol. The zero-order chi connectivity index (χ0) is 17.4. The molecule has 130 valence electrons. The standard InChI is InChI=1S/C17H25N5O2/c1-12(18-2)8-10-24-15-11-13(5-6-14(15)23-4)21-17-20-9-7-16(19-3)22-17/h5-7,9,11-12,18H,8,10H2,1-4H3,(H2,19,20,21,22)/t12-/m0/s1. The number of aromatic nitrogens is 2. The molecule has 2 aromatic rings. The van der Waals surface area contributed by atoms with Crippen LogP contribution in [0.5, 0.6) is 11.5 Å². The van der Waals surface area contributed by atoms with E-state index in [2.05, 4.69) is 32.8 Å². The average Bonchev–Trinajstić information content (AvgIpc) is 2.62. The Bertz CT molecular complexity index is 651. The van der Waals surface area contributed by atoms with Crippen LogP contribution in [-0.4, -0.2) is 43.8 Å². The second kappa shape index (κ2) is 8.93. The lowest BCUT2D eigenvalue weighted by Crippen LogP contribution is -2.23. The number of anilines is 3. The van der Waals surface area contributed by atoms with Crippen molar-refractivity contribution in [3.05, 3.63) is 30.5 Å². The summed E-state index contributed by atoms with van der Waals surface area (Å²) in [4.78, 5) is 8.55. The summed E-state index contributed by atoms with van der Waals surface area (Å²) in [5, 5.41) is 9.34. The molecule has 7 heteroatoms. The van der Waals surface area contributed by atoms with Gasteiger partial charge in [-0.15, -0.1) is 0 Å². The highest BCUT2D eigenvalue weighted by Gasteiger charge is 2.08. The van der Waals surface area contributed by atoms with Crippen LogP contribution in [0.25, 0.3) is 0 Å². The molecule has 1 aromatic heterocycles. The quantitative estimate of drug-likeness (QED) is 0.652. The highest BCUT2D eigenvalue weighted by atomic mass is 16.5. The number of nitrogens with zero attached hydrogens (tertiary/aromatic N) is 2. The van der Waals surface area contributed by atoms with Gasteiger partial charge in [0.05, 0.1) is 13.7 Å². The maximum atomic E-state index is 5.87. The highest BCUT2D eigenvalue weighted by Crippen LogP contribution is 2.31. The minimum absolute atomic E-state index is 0.398. The van der Waals surface area contributed by atoms with Gasteiger partial charge in [-0.3, -0.25) is 0 Å². The van der Waals surface area contributed by atoms with E-state index in [0.29, 0.717) is 30.1 Å². The molecule has 0 saturated carbocycles. The van der Waals surface area contributed by atoms with Crippen LogP contribution >= 0.6 is 0 Å². The summed E-state index contributed by atoms with van der Waals surface area (Å²) in [5.74, 6) is 2.65. The molecule has 1 heterocycles. The minimum Gasteiger partial charge on any atom is -0.493 e. The van der Waals surface area contributed by atoms with Crippen LogP contribution in [0, 0.1) is 0 Å². The largest absolute Gasteiger partial charge is 0.493 e. The monoisotopic (exact) mass is 331 g/mol. The van der Waals surface area contributed by atoms with Gasteiger partial charge in [-0.1, -0.05) is 0 Å². The first kappa shape index (κ1) is 17.8. The molecule has 0 aliphatic heterocycles. The van der Waals surface area contributed by atoms with Gasteiger partial charge < -0.3 is 25.4 Å². The van der Waals surface area contributed by atoms with Crippen LogP contribution in [0.1, 0.15) is 13.3 Å². The van der Waals surface area contributed by atoms with Gasteiger partial charge in [-0.05, 0) is 38.6 Å². The van der Waals surface area contributed by atoms with Gasteiger partial charge in [0, 0.05) is 31.0 Å². The first-order valence-electron chi connectivity index (χ1n) is 7.92. The van der Waals surface area contributed by atoms with Gasteiger partial charge in [-0.25, -0.2) is 4.98 Å². The zero-order valence-corrected chi connectivity index (χ0v) is 14.6. The second-order valence-corrected chi connectivity index (χ2v) is 5.33. The van der Waals surface area contributed by atoms with Gasteiger partial charge in [0.15, 0.2) is 11.5 Å². The third-order valence-electron chi connectivity index (χ3n) is 3.63. The number of rotatable bonds is 9. The lowest BCUT2D eigenvalue weighted by Gasteiger charge is -2.15. The highest BCUT2D eigenvalue weighted by molar-refractivity contribution is 5.60. The topological polar surface area (TPSA) is 80.3 Å². The molecule has 7 nitrogen and oxygen atoms in total. The predicted octanol–water partition coefficient (Wildman–Crippen LogP) is 2.65. The number of benzene rings is 1. The van der Waals surface area contributed by atoms with Crippen molar-refractivity contribution in [1.82, 2.24) is 15.3 Å². The molecule has 0 aliphatic rings. The molecule has 0 bridgehead atoms. The summed E-state index contributed by atoms with van der Waals surface area (Å²) in [6, 6.07) is 7.85. The summed E-state index contributed by atoms with van der Waals surface area (Å²) in [6.45, 7) is 2.72. The molecular formula is C17H25N5O2. The van der Waals surface area contributed by atoms with Gasteiger partial charge in [0.2, 0.25) is 5.95 Å². The normalized spacial score (nSPS) is 11.7. The molecule has 0 fully saturated rings. The lowest BCUT2D eigenvalue weighted by atomic mass is 10.2. The molecule has 0 amide bonds. The number of nitrogens with one attached hydrogen (secondary N) is 3. The summed E-state index contributed by atoms with van der Waals surface area (Å²) in [7, 11) is 5.39. The van der Waals surface area contributed by atoms with E-state index in [0.717, 1.165) is 17.9 Å². The van der Waals surface area contributed by atoms with Crippen molar-refractivity contribution >= 4 is 17.5 Å². The maximum Gasteiger partial charge on any atom is 0.229 e. The fourth-order valence-corrected chi connectivity index (χ4v) is 2.04. The molecule has 0 unspecified atom stereocenters. The molecule has 24 heavy (non-hydrogen) atoms. The van der Waals surface area contributed by atoms with Crippen molar-refractivity contribution in [3.63, 3.8) is 0 Å². The minimum atomic E-state index is 0.398. The first-order chi connectivity index (χ1) is 11.7. The molecule has 0 aliphatic carbocycles. The Morgan fingerprint density at radius 1 is 1.17 bits per heavy atom. The van der Waals surface area contributed by atoms with Crippen molar-refractivity contribution < 1.29 is 9.47 Å². The molecule has 0 radical (unpaired) electrons. The molecule has 1 aromatic carbocycles. The van der Waals surface area contributed by atoms with E-state index in [1.165, 1.54) is 0 Å². The van der Waals surface area contributed by atoms with Crippen LogP contribution in [0.15, 0.2) is 30.5 Å². The van der Waals surface area contributed by atoms with Crippen LogP contribution < -0.4 is 25.4 Å². The van der Waals surface area contributed by atoms with Crippen molar-refractivity contribution in [1.29, 1.82) is 0 Å².